The number of ether oxygens (including phenoxy) is 1. The summed E-state index contributed by atoms with van der Waals surface area (Å²) in [4.78, 5) is 31.6. The Kier molecular flexibility index (Phi) is 6.65. The molecule has 0 radical (unpaired) electrons. The molecule has 1 saturated heterocycles. The van der Waals surface area contributed by atoms with Crippen molar-refractivity contribution in [2.45, 2.75) is 25.9 Å². The normalized spacial score (nSPS) is 16.8. The molecule has 2 aromatic heterocycles. The van der Waals surface area contributed by atoms with Crippen molar-refractivity contribution in [3.63, 3.8) is 0 Å². The number of carbonyl (C=O) groups is 2. The summed E-state index contributed by atoms with van der Waals surface area (Å²) in [7, 11) is 0. The van der Waals surface area contributed by atoms with Crippen LogP contribution in [0.3, 0.4) is 0 Å². The van der Waals surface area contributed by atoms with Crippen molar-refractivity contribution in [3.8, 4) is 17.0 Å². The lowest BCUT2D eigenvalue weighted by atomic mass is 10.1. The van der Waals surface area contributed by atoms with Gasteiger partial charge in [-0.05, 0) is 61.6 Å². The highest BCUT2D eigenvalue weighted by atomic mass is 32.2. The number of carbonyl (C=O) groups excluding carboxylic acids is 2. The number of halogens is 1. The average Bonchev–Trinajstić information content (AvgIpc) is 3.60. The summed E-state index contributed by atoms with van der Waals surface area (Å²) < 4.78 is 25.2. The Labute approximate surface area is 205 Å². The molecular weight excluding hydrogens is 473 g/mol. The summed E-state index contributed by atoms with van der Waals surface area (Å²) in [6, 6.07) is 9.98. The van der Waals surface area contributed by atoms with Crippen molar-refractivity contribution < 1.29 is 18.7 Å². The van der Waals surface area contributed by atoms with Gasteiger partial charge in [0.05, 0.1) is 22.3 Å². The van der Waals surface area contributed by atoms with E-state index >= 15 is 0 Å². The first-order chi connectivity index (χ1) is 16.5. The van der Waals surface area contributed by atoms with Gasteiger partial charge in [-0.3, -0.25) is 9.59 Å². The van der Waals surface area contributed by atoms with Gasteiger partial charge in [-0.15, -0.1) is 0 Å². The molecule has 2 aliphatic rings. The molecule has 176 valence electrons. The second-order valence-electron chi connectivity index (χ2n) is 8.49. The Hall–Kier alpha value is -2.78. The zero-order valence-corrected chi connectivity index (χ0v) is 20.3. The van der Waals surface area contributed by atoms with Gasteiger partial charge in [0.1, 0.15) is 23.4 Å². The van der Waals surface area contributed by atoms with Gasteiger partial charge >= 0.3 is 0 Å². The predicted molar refractivity (Wildman–Crippen MR) is 131 cm³/mol. The van der Waals surface area contributed by atoms with E-state index in [-0.39, 0.29) is 29.3 Å². The maximum Gasteiger partial charge on any atom is 0.256 e. The average molecular weight is 498 g/mol. The summed E-state index contributed by atoms with van der Waals surface area (Å²) >= 11 is 3.08. The van der Waals surface area contributed by atoms with E-state index in [2.05, 4.69) is 9.36 Å². The van der Waals surface area contributed by atoms with Crippen LogP contribution in [-0.2, 0) is 0 Å². The van der Waals surface area contributed by atoms with E-state index in [4.69, 9.17) is 4.74 Å². The van der Waals surface area contributed by atoms with E-state index in [1.54, 1.807) is 47.1 Å². The largest absolute Gasteiger partial charge is 0.484 e. The third kappa shape index (κ3) is 5.00. The molecule has 0 spiro atoms. The van der Waals surface area contributed by atoms with Crippen LogP contribution in [-0.4, -0.2) is 50.5 Å². The van der Waals surface area contributed by atoms with E-state index in [9.17, 15) is 14.0 Å². The van der Waals surface area contributed by atoms with Crippen molar-refractivity contribution in [1.29, 1.82) is 0 Å². The van der Waals surface area contributed by atoms with Crippen LogP contribution >= 0.6 is 23.3 Å². The second-order valence-corrected chi connectivity index (χ2v) is 10.6. The maximum absolute atomic E-state index is 14.8. The number of nitrogens with zero attached hydrogens (tertiary/aromatic N) is 3. The summed E-state index contributed by atoms with van der Waals surface area (Å²) in [6.07, 6.45) is 3.18. The molecule has 0 N–H and O–H groups in total. The highest BCUT2D eigenvalue weighted by molar-refractivity contribution is 7.99. The van der Waals surface area contributed by atoms with Crippen molar-refractivity contribution >= 4 is 35.0 Å². The van der Waals surface area contributed by atoms with E-state index in [0.717, 1.165) is 29.2 Å². The highest BCUT2D eigenvalue weighted by Crippen LogP contribution is 2.33. The number of rotatable bonds is 7. The van der Waals surface area contributed by atoms with Crippen LogP contribution in [0.25, 0.3) is 11.3 Å². The van der Waals surface area contributed by atoms with E-state index in [0.29, 0.717) is 35.8 Å². The zero-order valence-electron chi connectivity index (χ0n) is 18.7. The quantitative estimate of drug-likeness (QED) is 0.415. The standard InChI is InChI=1S/C25H24FN3O3S2/c1-15(32-18-5-7-21(27-14-18)24(30)16-2-3-16)23-13-22(28-34-23)17-4-6-19(20(26)12-17)25(31)29-8-10-33-11-9-29/h4-7,12-16H,2-3,8-11H2,1H3/t15-/m1/s1. The molecule has 0 bridgehead atoms. The summed E-state index contributed by atoms with van der Waals surface area (Å²) in [5.41, 5.74) is 1.82. The first kappa shape index (κ1) is 23.0. The second kappa shape index (κ2) is 9.84. The fourth-order valence-electron chi connectivity index (χ4n) is 3.81. The molecule has 0 unspecified atom stereocenters. The van der Waals surface area contributed by atoms with Crippen LogP contribution in [0.4, 0.5) is 4.39 Å². The van der Waals surface area contributed by atoms with E-state index in [1.165, 1.54) is 17.6 Å². The molecule has 2 fully saturated rings. The van der Waals surface area contributed by atoms with Crippen LogP contribution < -0.4 is 4.74 Å². The number of Topliss-reactive ketones (excluding diaryl/α,β-unsaturated/α-hetero) is 1. The molecular formula is C25H24FN3O3S2. The first-order valence-electron chi connectivity index (χ1n) is 11.3. The summed E-state index contributed by atoms with van der Waals surface area (Å²) in [5.74, 6) is 1.77. The first-order valence-corrected chi connectivity index (χ1v) is 13.2. The maximum atomic E-state index is 14.8. The number of amides is 1. The lowest BCUT2D eigenvalue weighted by molar-refractivity contribution is 0.0767. The van der Waals surface area contributed by atoms with Crippen molar-refractivity contribution in [2.24, 2.45) is 5.92 Å². The fraction of sp³-hybridized carbons (Fsp3) is 0.360. The topological polar surface area (TPSA) is 72.4 Å². The molecule has 5 rings (SSSR count). The zero-order chi connectivity index (χ0) is 23.7. The van der Waals surface area contributed by atoms with Crippen LogP contribution in [0, 0.1) is 11.7 Å². The number of hydrogen-bond donors (Lipinski definition) is 0. The van der Waals surface area contributed by atoms with Gasteiger partial charge in [0, 0.05) is 36.1 Å². The van der Waals surface area contributed by atoms with Crippen molar-refractivity contribution in [1.82, 2.24) is 14.3 Å². The van der Waals surface area contributed by atoms with Gasteiger partial charge < -0.3 is 9.64 Å². The molecule has 1 aromatic carbocycles. The Morgan fingerprint density at radius 1 is 1.15 bits per heavy atom. The Morgan fingerprint density at radius 3 is 2.62 bits per heavy atom. The van der Waals surface area contributed by atoms with Crippen LogP contribution in [0.2, 0.25) is 0 Å². The molecule has 1 atom stereocenters. The van der Waals surface area contributed by atoms with Gasteiger partial charge in [-0.25, -0.2) is 9.37 Å². The van der Waals surface area contributed by atoms with Crippen molar-refractivity contribution in [3.05, 3.63) is 64.5 Å². The summed E-state index contributed by atoms with van der Waals surface area (Å²) in [6.45, 7) is 3.19. The predicted octanol–water partition coefficient (Wildman–Crippen LogP) is 5.27. The van der Waals surface area contributed by atoms with Crippen LogP contribution in [0.5, 0.6) is 5.75 Å². The van der Waals surface area contributed by atoms with Crippen LogP contribution in [0.15, 0.2) is 42.6 Å². The molecule has 34 heavy (non-hydrogen) atoms. The Balaban J connectivity index is 1.25. The molecule has 1 saturated carbocycles. The Morgan fingerprint density at radius 2 is 1.94 bits per heavy atom. The lowest BCUT2D eigenvalue weighted by Crippen LogP contribution is -2.38. The number of benzene rings is 1. The van der Waals surface area contributed by atoms with Crippen LogP contribution in [0.1, 0.15) is 51.6 Å². The minimum Gasteiger partial charge on any atom is -0.484 e. The number of thioether (sulfide) groups is 1. The highest BCUT2D eigenvalue weighted by Gasteiger charge is 2.31. The lowest BCUT2D eigenvalue weighted by Gasteiger charge is -2.26. The smallest absolute Gasteiger partial charge is 0.256 e. The molecule has 3 aromatic rings. The van der Waals surface area contributed by atoms with Gasteiger partial charge in [-0.2, -0.15) is 16.1 Å². The van der Waals surface area contributed by atoms with E-state index < -0.39 is 5.82 Å². The molecule has 3 heterocycles. The van der Waals surface area contributed by atoms with Crippen molar-refractivity contribution in [2.75, 3.05) is 24.6 Å². The molecule has 6 nitrogen and oxygen atoms in total. The summed E-state index contributed by atoms with van der Waals surface area (Å²) in [5, 5.41) is 0. The fourth-order valence-corrected chi connectivity index (χ4v) is 5.44. The molecule has 1 amide bonds. The number of aromatic nitrogens is 2. The monoisotopic (exact) mass is 497 g/mol. The molecule has 9 heteroatoms. The van der Waals surface area contributed by atoms with Gasteiger partial charge in [0.25, 0.3) is 5.91 Å². The molecule has 1 aliphatic carbocycles. The van der Waals surface area contributed by atoms with Gasteiger partial charge in [-0.1, -0.05) is 6.07 Å². The third-order valence-corrected chi connectivity index (χ3v) is 7.86. The minimum absolute atomic E-state index is 0.0962. The molecule has 1 aliphatic heterocycles. The Bertz CT molecular complexity index is 1200. The SMILES string of the molecule is C[C@@H](Oc1ccc(C(=O)C2CC2)nc1)c1cc(-c2ccc(C(=O)N3CCSCC3)c(F)c2)ns1. The number of ketones is 1. The van der Waals surface area contributed by atoms with E-state index in [1.807, 2.05) is 13.0 Å². The van der Waals surface area contributed by atoms with Gasteiger partial charge in [0.2, 0.25) is 0 Å². The number of hydrogen-bond acceptors (Lipinski definition) is 7. The third-order valence-electron chi connectivity index (χ3n) is 5.97. The minimum atomic E-state index is -0.536. The van der Waals surface area contributed by atoms with Gasteiger partial charge in [0.15, 0.2) is 5.78 Å². The number of pyridine rings is 1.